The number of aryl methyl sites for hydroxylation is 2. The van der Waals surface area contributed by atoms with E-state index in [-0.39, 0.29) is 17.8 Å². The summed E-state index contributed by atoms with van der Waals surface area (Å²) in [4.78, 5) is 20.2. The lowest BCUT2D eigenvalue weighted by molar-refractivity contribution is 0.0728. The number of aromatic nitrogens is 3. The van der Waals surface area contributed by atoms with Crippen molar-refractivity contribution in [1.82, 2.24) is 19.7 Å². The molecule has 0 aliphatic rings. The van der Waals surface area contributed by atoms with E-state index >= 15 is 0 Å². The van der Waals surface area contributed by atoms with E-state index in [2.05, 4.69) is 5.10 Å². The van der Waals surface area contributed by atoms with Crippen LogP contribution in [0.15, 0.2) is 60.8 Å². The zero-order chi connectivity index (χ0) is 22.1. The van der Waals surface area contributed by atoms with Crippen LogP contribution in [0, 0.1) is 12.7 Å². The zero-order valence-electron chi connectivity index (χ0n) is 18.1. The number of pyridine rings is 1. The third kappa shape index (κ3) is 3.93. The van der Waals surface area contributed by atoms with Gasteiger partial charge in [-0.05, 0) is 43.2 Å². The molecular formula is C25H25FN4O. The molecule has 0 spiro atoms. The number of para-hydroxylation sites is 1. The minimum Gasteiger partial charge on any atom is -0.335 e. The molecule has 0 fully saturated rings. The third-order valence-electron chi connectivity index (χ3n) is 5.67. The van der Waals surface area contributed by atoms with Gasteiger partial charge in [-0.3, -0.25) is 9.48 Å². The molecule has 2 aromatic heterocycles. The Hall–Kier alpha value is -3.54. The van der Waals surface area contributed by atoms with Crippen molar-refractivity contribution in [1.29, 1.82) is 0 Å². The smallest absolute Gasteiger partial charge is 0.254 e. The molecule has 0 aliphatic carbocycles. The summed E-state index contributed by atoms with van der Waals surface area (Å²) in [5, 5.41) is 5.22. The molecule has 4 rings (SSSR count). The van der Waals surface area contributed by atoms with E-state index in [1.54, 1.807) is 28.8 Å². The summed E-state index contributed by atoms with van der Waals surface area (Å²) in [5.41, 5.74) is 4.73. The van der Waals surface area contributed by atoms with Gasteiger partial charge < -0.3 is 4.90 Å². The van der Waals surface area contributed by atoms with E-state index in [0.29, 0.717) is 12.0 Å². The Morgan fingerprint density at radius 1 is 1.16 bits per heavy atom. The molecule has 0 aliphatic heterocycles. The lowest BCUT2D eigenvalue weighted by Gasteiger charge is -2.28. The van der Waals surface area contributed by atoms with Gasteiger partial charge in [0.25, 0.3) is 5.91 Å². The highest BCUT2D eigenvalue weighted by atomic mass is 19.1. The van der Waals surface area contributed by atoms with E-state index in [4.69, 9.17) is 4.98 Å². The van der Waals surface area contributed by atoms with Crippen molar-refractivity contribution in [2.24, 2.45) is 7.05 Å². The number of benzene rings is 2. The van der Waals surface area contributed by atoms with Crippen LogP contribution >= 0.6 is 0 Å². The van der Waals surface area contributed by atoms with Crippen LogP contribution in [0.5, 0.6) is 0 Å². The summed E-state index contributed by atoms with van der Waals surface area (Å²) in [5.74, 6) is -0.387. The Morgan fingerprint density at radius 3 is 2.52 bits per heavy atom. The molecule has 5 nitrogen and oxygen atoms in total. The Bertz CT molecular complexity index is 1250. The highest BCUT2D eigenvalue weighted by Crippen LogP contribution is 2.30. The summed E-state index contributed by atoms with van der Waals surface area (Å²) in [6.07, 6.45) is 2.63. The van der Waals surface area contributed by atoms with Gasteiger partial charge in [-0.2, -0.15) is 5.10 Å². The molecule has 2 aromatic carbocycles. The molecule has 0 saturated carbocycles. The van der Waals surface area contributed by atoms with Crippen LogP contribution in [0.25, 0.3) is 22.2 Å². The summed E-state index contributed by atoms with van der Waals surface area (Å²) in [7, 11) is 3.66. The molecule has 6 heteroatoms. The number of hydrogen-bond acceptors (Lipinski definition) is 3. The summed E-state index contributed by atoms with van der Waals surface area (Å²) >= 11 is 0. The lowest BCUT2D eigenvalue weighted by Crippen LogP contribution is -2.31. The first-order chi connectivity index (χ1) is 14.9. The average molecular weight is 417 g/mol. The van der Waals surface area contributed by atoms with Gasteiger partial charge in [-0.1, -0.05) is 37.3 Å². The standard InChI is InChI=1S/C25H25FN4O/c1-5-24(17-10-12-18(26)13-11-17)30(4)25(31)20-14-23(21-15-29(3)28-16(21)2)27-22-9-7-6-8-19(20)22/h6-15,24H,5H2,1-4H3/t24-/m1/s1. The number of carbonyl (C=O) groups excluding carboxylic acids is 1. The minimum absolute atomic E-state index is 0.0995. The molecule has 4 aromatic rings. The molecule has 0 bridgehead atoms. The molecule has 2 heterocycles. The molecular weight excluding hydrogens is 391 g/mol. The van der Waals surface area contributed by atoms with Gasteiger partial charge in [0.05, 0.1) is 28.5 Å². The Labute approximate surface area is 181 Å². The second kappa shape index (κ2) is 8.30. The molecule has 0 N–H and O–H groups in total. The lowest BCUT2D eigenvalue weighted by atomic mass is 10.00. The molecule has 158 valence electrons. The van der Waals surface area contributed by atoms with E-state index < -0.39 is 0 Å². The Balaban J connectivity index is 1.81. The number of hydrogen-bond donors (Lipinski definition) is 0. The van der Waals surface area contributed by atoms with Crippen molar-refractivity contribution >= 4 is 16.8 Å². The van der Waals surface area contributed by atoms with Gasteiger partial charge in [-0.15, -0.1) is 0 Å². The van der Waals surface area contributed by atoms with Crippen molar-refractivity contribution in [3.8, 4) is 11.3 Å². The van der Waals surface area contributed by atoms with Crippen molar-refractivity contribution in [3.63, 3.8) is 0 Å². The Morgan fingerprint density at radius 2 is 1.87 bits per heavy atom. The van der Waals surface area contributed by atoms with Crippen LogP contribution in [0.3, 0.4) is 0 Å². The molecule has 0 radical (unpaired) electrons. The maximum absolute atomic E-state index is 13.7. The predicted molar refractivity (Wildman–Crippen MR) is 120 cm³/mol. The molecule has 0 unspecified atom stereocenters. The Kier molecular flexibility index (Phi) is 5.55. The first kappa shape index (κ1) is 20.7. The van der Waals surface area contributed by atoms with Gasteiger partial charge in [0.1, 0.15) is 5.82 Å². The summed E-state index contributed by atoms with van der Waals surface area (Å²) < 4.78 is 15.1. The van der Waals surface area contributed by atoms with Gasteiger partial charge in [0.15, 0.2) is 0 Å². The average Bonchev–Trinajstić information content (AvgIpc) is 3.12. The largest absolute Gasteiger partial charge is 0.335 e. The number of fused-ring (bicyclic) bond motifs is 1. The SMILES string of the molecule is CC[C@H](c1ccc(F)cc1)N(C)C(=O)c1cc(-c2cn(C)nc2C)nc2ccccc12. The number of carbonyl (C=O) groups is 1. The van der Waals surface area contributed by atoms with Crippen molar-refractivity contribution < 1.29 is 9.18 Å². The van der Waals surface area contributed by atoms with E-state index in [0.717, 1.165) is 33.4 Å². The van der Waals surface area contributed by atoms with Gasteiger partial charge >= 0.3 is 0 Å². The van der Waals surface area contributed by atoms with E-state index in [9.17, 15) is 9.18 Å². The number of amides is 1. The number of nitrogens with zero attached hydrogens (tertiary/aromatic N) is 4. The van der Waals surface area contributed by atoms with Crippen molar-refractivity contribution in [3.05, 3.63) is 83.4 Å². The second-order valence-electron chi connectivity index (χ2n) is 7.77. The van der Waals surface area contributed by atoms with Gasteiger partial charge in [-0.25, -0.2) is 9.37 Å². The highest BCUT2D eigenvalue weighted by molar-refractivity contribution is 6.07. The fourth-order valence-corrected chi connectivity index (χ4v) is 4.09. The van der Waals surface area contributed by atoms with Crippen LogP contribution in [0.2, 0.25) is 0 Å². The zero-order valence-corrected chi connectivity index (χ0v) is 18.1. The molecule has 0 saturated heterocycles. The normalized spacial score (nSPS) is 12.2. The first-order valence-electron chi connectivity index (χ1n) is 10.3. The first-order valence-corrected chi connectivity index (χ1v) is 10.3. The minimum atomic E-state index is -0.288. The van der Waals surface area contributed by atoms with Crippen LogP contribution in [-0.4, -0.2) is 32.6 Å². The van der Waals surface area contributed by atoms with Gasteiger partial charge in [0.2, 0.25) is 0 Å². The van der Waals surface area contributed by atoms with Crippen molar-refractivity contribution in [2.75, 3.05) is 7.05 Å². The predicted octanol–water partition coefficient (Wildman–Crippen LogP) is 5.31. The van der Waals surface area contributed by atoms with Crippen LogP contribution < -0.4 is 0 Å². The number of rotatable bonds is 5. The quantitative estimate of drug-likeness (QED) is 0.443. The van der Waals surface area contributed by atoms with E-state index in [1.807, 2.05) is 57.4 Å². The maximum Gasteiger partial charge on any atom is 0.254 e. The van der Waals surface area contributed by atoms with Crippen LogP contribution in [0.4, 0.5) is 4.39 Å². The topological polar surface area (TPSA) is 51.0 Å². The number of halogens is 1. The van der Waals surface area contributed by atoms with Crippen LogP contribution in [0.1, 0.15) is 41.0 Å². The van der Waals surface area contributed by atoms with E-state index in [1.165, 1.54) is 12.1 Å². The van der Waals surface area contributed by atoms with Crippen LogP contribution in [-0.2, 0) is 7.05 Å². The molecule has 1 amide bonds. The fourth-order valence-electron chi connectivity index (χ4n) is 4.09. The third-order valence-corrected chi connectivity index (χ3v) is 5.67. The second-order valence-corrected chi connectivity index (χ2v) is 7.77. The summed E-state index contributed by atoms with van der Waals surface area (Å²) in [6, 6.07) is 15.7. The van der Waals surface area contributed by atoms with Gasteiger partial charge in [0, 0.05) is 31.2 Å². The highest BCUT2D eigenvalue weighted by Gasteiger charge is 2.24. The van der Waals surface area contributed by atoms with Crippen molar-refractivity contribution in [2.45, 2.75) is 26.3 Å². The maximum atomic E-state index is 13.7. The summed E-state index contributed by atoms with van der Waals surface area (Å²) in [6.45, 7) is 3.95. The fraction of sp³-hybridized carbons (Fsp3) is 0.240. The molecule has 31 heavy (non-hydrogen) atoms. The monoisotopic (exact) mass is 416 g/mol. The molecule has 1 atom stereocenters.